The molecule has 2 aromatic rings. The van der Waals surface area contributed by atoms with Crippen LogP contribution in [0.15, 0.2) is 17.1 Å². The number of likely N-dealkylation sites (N-methyl/N-ethyl adjacent to an activating group) is 1. The fourth-order valence-electron chi connectivity index (χ4n) is 4.11. The smallest absolute Gasteiger partial charge is 0.256 e. The third-order valence-corrected chi connectivity index (χ3v) is 5.86. The van der Waals surface area contributed by atoms with Crippen LogP contribution in [0.4, 0.5) is 10.1 Å². The summed E-state index contributed by atoms with van der Waals surface area (Å²) in [6.07, 6.45) is 2.37. The van der Waals surface area contributed by atoms with Crippen LogP contribution >= 0.6 is 0 Å². The minimum absolute atomic E-state index is 0.0426. The monoisotopic (exact) mass is 403 g/mol. The van der Waals surface area contributed by atoms with Crippen molar-refractivity contribution in [3.05, 3.63) is 33.9 Å². The minimum Gasteiger partial charge on any atom is -0.487 e. The molecule has 0 unspecified atom stereocenters. The van der Waals surface area contributed by atoms with Crippen molar-refractivity contribution < 1.29 is 18.8 Å². The van der Waals surface area contributed by atoms with E-state index in [0.717, 1.165) is 32.6 Å². The molecule has 3 heterocycles. The summed E-state index contributed by atoms with van der Waals surface area (Å²) in [7, 11) is 2.12. The Morgan fingerprint density at radius 3 is 2.79 bits per heavy atom. The molecule has 0 radical (unpaired) electrons. The molecular formula is C21H28FN4O3+. The van der Waals surface area contributed by atoms with Crippen LogP contribution in [0.5, 0.6) is 5.75 Å². The Morgan fingerprint density at radius 2 is 2.10 bits per heavy atom. The molecule has 2 N–H and O–H groups in total. The van der Waals surface area contributed by atoms with E-state index >= 15 is 4.39 Å². The van der Waals surface area contributed by atoms with E-state index in [1.54, 1.807) is 6.20 Å². The van der Waals surface area contributed by atoms with Gasteiger partial charge in [-0.25, -0.2) is 4.39 Å². The molecule has 0 aliphatic carbocycles. The molecule has 2 aliphatic rings. The summed E-state index contributed by atoms with van der Waals surface area (Å²) in [4.78, 5) is 29.0. The van der Waals surface area contributed by atoms with Crippen LogP contribution < -0.4 is 25.3 Å². The number of benzene rings is 1. The van der Waals surface area contributed by atoms with Crippen molar-refractivity contribution in [1.82, 2.24) is 9.88 Å². The molecule has 0 saturated carbocycles. The fourth-order valence-corrected chi connectivity index (χ4v) is 4.11. The number of hydrogen-bond acceptors (Lipinski definition) is 4. The minimum atomic E-state index is -0.476. The van der Waals surface area contributed by atoms with Gasteiger partial charge >= 0.3 is 0 Å². The predicted molar refractivity (Wildman–Crippen MR) is 110 cm³/mol. The molecular weight excluding hydrogens is 375 g/mol. The SMILES string of the molecule is CCCNC(=O)c1cn2c3c(c(N4CC[NH+](C)CC4)c(F)cc3c1=O)OC[C@@H]2C. The summed E-state index contributed by atoms with van der Waals surface area (Å²) in [5.74, 6) is -0.485. The first kappa shape index (κ1) is 19.7. The zero-order chi connectivity index (χ0) is 20.7. The molecule has 1 amide bonds. The van der Waals surface area contributed by atoms with E-state index < -0.39 is 17.2 Å². The van der Waals surface area contributed by atoms with Gasteiger partial charge in [-0.05, 0) is 19.4 Å². The third kappa shape index (κ3) is 3.35. The molecule has 1 fully saturated rings. The number of carbonyl (C=O) groups excluding carboxylic acids is 1. The van der Waals surface area contributed by atoms with Gasteiger partial charge in [0.1, 0.15) is 17.9 Å². The molecule has 156 valence electrons. The van der Waals surface area contributed by atoms with Gasteiger partial charge in [0.25, 0.3) is 5.91 Å². The number of aromatic nitrogens is 1. The van der Waals surface area contributed by atoms with Gasteiger partial charge in [0.05, 0.1) is 50.2 Å². The molecule has 2 aliphatic heterocycles. The second-order valence-electron chi connectivity index (χ2n) is 8.07. The summed E-state index contributed by atoms with van der Waals surface area (Å²) in [6, 6.07) is 1.20. The van der Waals surface area contributed by atoms with Gasteiger partial charge in [-0.2, -0.15) is 0 Å². The van der Waals surface area contributed by atoms with E-state index in [2.05, 4.69) is 12.4 Å². The third-order valence-electron chi connectivity index (χ3n) is 5.86. The molecule has 8 heteroatoms. The largest absolute Gasteiger partial charge is 0.487 e. The second-order valence-corrected chi connectivity index (χ2v) is 8.07. The van der Waals surface area contributed by atoms with Crippen LogP contribution in [0.25, 0.3) is 10.9 Å². The first-order valence-electron chi connectivity index (χ1n) is 10.3. The highest BCUT2D eigenvalue weighted by Gasteiger charge is 2.31. The van der Waals surface area contributed by atoms with E-state index in [1.807, 2.05) is 23.3 Å². The highest BCUT2D eigenvalue weighted by Crippen LogP contribution is 2.41. The van der Waals surface area contributed by atoms with E-state index in [0.29, 0.717) is 30.1 Å². The van der Waals surface area contributed by atoms with Crippen molar-refractivity contribution in [2.75, 3.05) is 51.3 Å². The number of rotatable bonds is 4. The normalized spacial score (nSPS) is 19.3. The maximum Gasteiger partial charge on any atom is 0.256 e. The van der Waals surface area contributed by atoms with Crippen LogP contribution in [0.3, 0.4) is 0 Å². The molecule has 1 saturated heterocycles. The number of ether oxygens (including phenoxy) is 1. The van der Waals surface area contributed by atoms with E-state index in [4.69, 9.17) is 4.74 Å². The number of pyridine rings is 1. The molecule has 0 spiro atoms. The molecule has 4 rings (SSSR count). The standard InChI is InChI=1S/C21H27FN4O3/c1-4-5-23-21(28)15-11-26-13(2)12-29-20-17(26)14(19(15)27)10-16(22)18(20)25-8-6-24(3)7-9-25/h10-11,13H,4-9,12H2,1-3H3,(H,23,28)/p+1/t13-/m0/s1. The van der Waals surface area contributed by atoms with Gasteiger partial charge < -0.3 is 24.4 Å². The first-order chi connectivity index (χ1) is 13.9. The van der Waals surface area contributed by atoms with Crippen molar-refractivity contribution >= 4 is 22.5 Å². The summed E-state index contributed by atoms with van der Waals surface area (Å²) < 4.78 is 23.1. The van der Waals surface area contributed by atoms with Crippen LogP contribution in [0, 0.1) is 5.82 Å². The maximum absolute atomic E-state index is 15.2. The molecule has 0 bridgehead atoms. The van der Waals surface area contributed by atoms with E-state index in [1.165, 1.54) is 11.0 Å². The quantitative estimate of drug-likeness (QED) is 0.783. The van der Waals surface area contributed by atoms with Crippen molar-refractivity contribution in [3.8, 4) is 5.75 Å². The van der Waals surface area contributed by atoms with Gasteiger partial charge in [0, 0.05) is 12.7 Å². The van der Waals surface area contributed by atoms with Gasteiger partial charge in [0.2, 0.25) is 5.43 Å². The van der Waals surface area contributed by atoms with E-state index in [-0.39, 0.29) is 17.0 Å². The Labute approximate surface area is 169 Å². The Hall–Kier alpha value is -2.61. The molecule has 29 heavy (non-hydrogen) atoms. The highest BCUT2D eigenvalue weighted by atomic mass is 19.1. The van der Waals surface area contributed by atoms with Crippen molar-refractivity contribution in [3.63, 3.8) is 0 Å². The average Bonchev–Trinajstić information content (AvgIpc) is 2.71. The Morgan fingerprint density at radius 1 is 1.38 bits per heavy atom. The van der Waals surface area contributed by atoms with Crippen LogP contribution in [0.2, 0.25) is 0 Å². The van der Waals surface area contributed by atoms with Crippen LogP contribution in [-0.2, 0) is 0 Å². The summed E-state index contributed by atoms with van der Waals surface area (Å²) in [6.45, 7) is 8.02. The Balaban J connectivity index is 1.91. The Kier molecular flexibility index (Phi) is 5.21. The van der Waals surface area contributed by atoms with Crippen molar-refractivity contribution in [2.45, 2.75) is 26.3 Å². The zero-order valence-corrected chi connectivity index (χ0v) is 17.2. The van der Waals surface area contributed by atoms with Crippen molar-refractivity contribution in [1.29, 1.82) is 0 Å². The second kappa shape index (κ2) is 7.67. The predicted octanol–water partition coefficient (Wildman–Crippen LogP) is 0.569. The number of nitrogens with one attached hydrogen (secondary N) is 2. The Bertz CT molecular complexity index is 1010. The number of anilines is 1. The number of amides is 1. The van der Waals surface area contributed by atoms with Gasteiger partial charge in [-0.3, -0.25) is 9.59 Å². The lowest BCUT2D eigenvalue weighted by molar-refractivity contribution is -0.880. The lowest BCUT2D eigenvalue weighted by atomic mass is 10.0. The summed E-state index contributed by atoms with van der Waals surface area (Å²) >= 11 is 0. The summed E-state index contributed by atoms with van der Waals surface area (Å²) in [5.41, 5.74) is 0.578. The molecule has 7 nitrogen and oxygen atoms in total. The number of quaternary nitrogens is 1. The molecule has 1 atom stereocenters. The number of carbonyl (C=O) groups is 1. The number of nitrogens with zero attached hydrogens (tertiary/aromatic N) is 2. The maximum atomic E-state index is 15.2. The lowest BCUT2D eigenvalue weighted by Crippen LogP contribution is -3.12. The van der Waals surface area contributed by atoms with E-state index in [9.17, 15) is 9.59 Å². The number of hydrogen-bond donors (Lipinski definition) is 2. The van der Waals surface area contributed by atoms with Gasteiger partial charge in [0.15, 0.2) is 11.6 Å². The first-order valence-corrected chi connectivity index (χ1v) is 10.3. The van der Waals surface area contributed by atoms with Crippen LogP contribution in [-0.4, -0.2) is 56.9 Å². The zero-order valence-electron chi connectivity index (χ0n) is 17.2. The van der Waals surface area contributed by atoms with Gasteiger partial charge in [-0.1, -0.05) is 6.92 Å². The topological polar surface area (TPSA) is 68.0 Å². The number of halogens is 1. The summed E-state index contributed by atoms with van der Waals surface area (Å²) in [5, 5.41) is 2.94. The van der Waals surface area contributed by atoms with Gasteiger partial charge in [-0.15, -0.1) is 0 Å². The molecule has 1 aromatic heterocycles. The average molecular weight is 403 g/mol. The van der Waals surface area contributed by atoms with Crippen molar-refractivity contribution in [2.24, 2.45) is 0 Å². The number of piperazine rings is 1. The fraction of sp³-hybridized carbons (Fsp3) is 0.524. The van der Waals surface area contributed by atoms with Crippen LogP contribution in [0.1, 0.15) is 36.7 Å². The lowest BCUT2D eigenvalue weighted by Gasteiger charge is -2.35. The highest BCUT2D eigenvalue weighted by molar-refractivity contribution is 6.00. The molecule has 1 aromatic carbocycles.